The molecular weight excluding hydrogens is 1510 g/mol. The monoisotopic (exact) mass is 1650 g/mol. The van der Waals surface area contributed by atoms with Crippen LogP contribution in [0.5, 0.6) is 0 Å². The zero-order valence-electron chi connectivity index (χ0n) is 66.3. The summed E-state index contributed by atoms with van der Waals surface area (Å²) >= 11 is 0. The Balaban J connectivity index is 0. The molecule has 658 valence electrons. The summed E-state index contributed by atoms with van der Waals surface area (Å²) in [5.41, 5.74) is 89.3. The molecule has 115 heavy (non-hydrogen) atoms. The Morgan fingerprint density at radius 1 is 0.261 bits per heavy atom. The number of rotatable bonds is 64. The Morgan fingerprint density at radius 2 is 0.417 bits per heavy atom. The summed E-state index contributed by atoms with van der Waals surface area (Å²) in [6.07, 6.45) is 11.9. The van der Waals surface area contributed by atoms with Gasteiger partial charge in [0, 0.05) is 58.8 Å². The Labute approximate surface area is 669 Å². The highest BCUT2D eigenvalue weighted by Gasteiger charge is 2.39. The zero-order chi connectivity index (χ0) is 87.1. The fraction of sp³-hybridized carbons (Fsp3) is 0.735. The largest absolute Gasteiger partial charge is 0.490 e. The number of nitrogens with zero attached hydrogens (tertiary/aromatic N) is 8. The van der Waals surface area contributed by atoms with Gasteiger partial charge in [0.1, 0.15) is 48.3 Å². The molecule has 42 N–H and O–H groups in total. The van der Waals surface area contributed by atoms with Crippen LogP contribution in [0.1, 0.15) is 212 Å². The molecular formula is C68H133F3N32O12. The first-order chi connectivity index (χ1) is 54.3. The maximum Gasteiger partial charge on any atom is 0.490 e. The number of aliphatic carboxylic acids is 2. The number of amides is 8. The van der Waals surface area contributed by atoms with Crippen molar-refractivity contribution in [1.29, 1.82) is 0 Å². The van der Waals surface area contributed by atoms with Gasteiger partial charge in [-0.1, -0.05) is 96.8 Å². The minimum Gasteiger partial charge on any atom is -0.480 e. The SMILES string of the molecule is CCCCCCCCCCCCCCCCCC(=O)N[C@@H](CCCN=C(N)N)C(=O)N[C@@H](CCCN=C(N)N)C(=O)N[C@@H](CCCN=C(N)N)C(=O)N[C@@H](CCCN=C(N)N)C(=O)N[C@@H](CCCN=C(N)N)C(=O)N[C@@H](CCCN=C(N)N)C(=O)N[C@@H](CCCN=C(N)N)C(=O)N[C@@H](CCCN=C(N)N)C(=O)O.O=C(O)C(F)(F)F. The van der Waals surface area contributed by atoms with E-state index >= 15 is 0 Å². The molecule has 0 fully saturated rings. The van der Waals surface area contributed by atoms with Crippen LogP contribution in [0.15, 0.2) is 39.9 Å². The summed E-state index contributed by atoms with van der Waals surface area (Å²) < 4.78 is 31.7. The first-order valence-corrected chi connectivity index (χ1v) is 38.7. The number of nitrogens with two attached hydrogens (primary N) is 16. The normalized spacial score (nSPS) is 12.9. The summed E-state index contributed by atoms with van der Waals surface area (Å²) in [4.78, 5) is 169. The van der Waals surface area contributed by atoms with Crippen molar-refractivity contribution in [2.24, 2.45) is 132 Å². The van der Waals surface area contributed by atoms with Gasteiger partial charge in [-0.2, -0.15) is 13.2 Å². The van der Waals surface area contributed by atoms with Crippen LogP contribution in [0.3, 0.4) is 0 Å². The molecule has 0 aromatic rings. The summed E-state index contributed by atoms with van der Waals surface area (Å²) in [5, 5.41) is 38.5. The highest BCUT2D eigenvalue weighted by Crippen LogP contribution is 2.17. The van der Waals surface area contributed by atoms with Gasteiger partial charge in [0.25, 0.3) is 0 Å². The van der Waals surface area contributed by atoms with Gasteiger partial charge < -0.3 is 144 Å². The number of nitrogens with one attached hydrogen (secondary N) is 8. The lowest BCUT2D eigenvalue weighted by molar-refractivity contribution is -0.192. The summed E-state index contributed by atoms with van der Waals surface area (Å²) in [7, 11) is 0. The Kier molecular flexibility index (Phi) is 58.9. The molecule has 0 radical (unpaired) electrons. The molecule has 0 saturated heterocycles. The van der Waals surface area contributed by atoms with Crippen molar-refractivity contribution >= 4 is 107 Å². The lowest BCUT2D eigenvalue weighted by Gasteiger charge is -2.28. The molecule has 44 nitrogen and oxygen atoms in total. The van der Waals surface area contributed by atoms with Crippen LogP contribution >= 0.6 is 0 Å². The topological polar surface area (TPSA) is 823 Å². The van der Waals surface area contributed by atoms with E-state index in [1.165, 1.54) is 64.2 Å². The molecule has 0 aromatic carbocycles. The lowest BCUT2D eigenvalue weighted by atomic mass is 10.0. The van der Waals surface area contributed by atoms with E-state index in [-0.39, 0.29) is 215 Å². The van der Waals surface area contributed by atoms with Crippen LogP contribution in [0.25, 0.3) is 0 Å². The fourth-order valence-electron chi connectivity index (χ4n) is 11.0. The number of carboxylic acids is 2. The third-order valence-electron chi connectivity index (χ3n) is 16.9. The van der Waals surface area contributed by atoms with Crippen LogP contribution in [0.4, 0.5) is 13.2 Å². The molecule has 0 spiro atoms. The maximum absolute atomic E-state index is 14.9. The highest BCUT2D eigenvalue weighted by atomic mass is 19.4. The number of carbonyl (C=O) groups excluding carboxylic acids is 8. The van der Waals surface area contributed by atoms with Gasteiger partial charge in [0.2, 0.25) is 47.3 Å². The molecule has 8 atom stereocenters. The summed E-state index contributed by atoms with van der Waals surface area (Å²) in [6, 6.07) is -11.6. The van der Waals surface area contributed by atoms with Crippen molar-refractivity contribution in [2.75, 3.05) is 52.4 Å². The first-order valence-electron chi connectivity index (χ1n) is 38.7. The molecule has 0 saturated carbocycles. The number of unbranched alkanes of at least 4 members (excludes halogenated alkanes) is 14. The maximum atomic E-state index is 14.9. The van der Waals surface area contributed by atoms with E-state index in [2.05, 4.69) is 89.4 Å². The van der Waals surface area contributed by atoms with Crippen LogP contribution in [0, 0.1) is 0 Å². The van der Waals surface area contributed by atoms with E-state index in [9.17, 15) is 61.4 Å². The second kappa shape index (κ2) is 64.1. The molecule has 0 aliphatic carbocycles. The zero-order valence-corrected chi connectivity index (χ0v) is 66.3. The van der Waals surface area contributed by atoms with Gasteiger partial charge in [-0.3, -0.25) is 78.3 Å². The second-order valence-corrected chi connectivity index (χ2v) is 27.0. The number of guanidine groups is 8. The van der Waals surface area contributed by atoms with Gasteiger partial charge in [-0.15, -0.1) is 0 Å². The molecule has 47 heteroatoms. The third-order valence-corrected chi connectivity index (χ3v) is 16.9. The van der Waals surface area contributed by atoms with E-state index in [4.69, 9.17) is 102 Å². The van der Waals surface area contributed by atoms with Crippen molar-refractivity contribution in [2.45, 2.75) is 267 Å². The van der Waals surface area contributed by atoms with Crippen molar-refractivity contribution < 1.29 is 71.3 Å². The standard InChI is InChI=1S/C66H132N32O10.C2HF3O2/c1-2-3-4-5-6-7-8-9-10-11-12-13-14-15-16-33-50(99)91-42(25-17-34-83-59(67)68)51(100)92-43(26-18-35-84-60(69)70)52(101)93-44(27-19-36-85-61(71)72)53(102)94-45(28-20-37-86-62(73)74)54(103)95-46(29-21-38-87-63(75)76)55(104)96-47(30-22-39-88-64(77)78)56(105)97-48(31-23-40-89-65(79)80)57(106)98-49(58(107)108)32-24-41-90-66(81)82;3-2(4,5)1(6)7/h42-49H,2-41H2,1H3,(H,91,99)(H,92,100)(H,93,101)(H,94,102)(H,95,103)(H,96,104)(H,97,105)(H,98,106)(H,107,108)(H4,67,68,83)(H4,69,70,84)(H4,71,72,85)(H4,73,74,86)(H4,75,76,87)(H4,77,78,88)(H4,79,80,89)(H4,81,82,90);(H,6,7)/t42-,43-,44-,45-,46-,47-,48-,49-;/m0./s1. The lowest BCUT2D eigenvalue weighted by Crippen LogP contribution is -2.60. The van der Waals surface area contributed by atoms with E-state index in [0.717, 1.165) is 25.7 Å². The molecule has 0 unspecified atom stereocenters. The molecule has 8 amide bonds. The number of alkyl halides is 3. The van der Waals surface area contributed by atoms with E-state index in [1.807, 2.05) is 0 Å². The number of hydrogen-bond donors (Lipinski definition) is 26. The van der Waals surface area contributed by atoms with Crippen molar-refractivity contribution in [1.82, 2.24) is 42.5 Å². The first kappa shape index (κ1) is 106. The van der Waals surface area contributed by atoms with Gasteiger partial charge >= 0.3 is 18.1 Å². The molecule has 0 aliphatic heterocycles. The van der Waals surface area contributed by atoms with Crippen LogP contribution in [-0.2, 0) is 47.9 Å². The van der Waals surface area contributed by atoms with E-state index in [0.29, 0.717) is 6.42 Å². The number of aliphatic imine (C=N–C) groups is 8. The second-order valence-electron chi connectivity index (χ2n) is 27.0. The molecule has 0 aromatic heterocycles. The van der Waals surface area contributed by atoms with Crippen LogP contribution < -0.4 is 134 Å². The van der Waals surface area contributed by atoms with Crippen LogP contribution in [-0.4, -0.2) is 224 Å². The Bertz CT molecular complexity index is 3130. The number of halogens is 3. The Morgan fingerprint density at radius 3 is 0.583 bits per heavy atom. The van der Waals surface area contributed by atoms with E-state index in [1.54, 1.807) is 0 Å². The number of carbonyl (C=O) groups is 10. The minimum absolute atomic E-state index is 0.00972. The average molecular weight is 1650 g/mol. The number of carboxylic acid groups (broad SMARTS) is 2. The minimum atomic E-state index is -5.08. The third kappa shape index (κ3) is 60.0. The van der Waals surface area contributed by atoms with Gasteiger partial charge in [-0.05, 0) is 109 Å². The summed E-state index contributed by atoms with van der Waals surface area (Å²) in [6.45, 7) is 2.19. The van der Waals surface area contributed by atoms with Crippen LogP contribution in [0.2, 0.25) is 0 Å². The number of hydrogen-bond acceptors (Lipinski definition) is 18. The van der Waals surface area contributed by atoms with Crippen molar-refractivity contribution in [3.05, 3.63) is 0 Å². The molecule has 0 aliphatic rings. The van der Waals surface area contributed by atoms with Gasteiger partial charge in [0.15, 0.2) is 47.7 Å². The Hall–Kier alpha value is -11.3. The predicted octanol–water partition coefficient (Wildman–Crippen LogP) is -4.73. The van der Waals surface area contributed by atoms with Crippen molar-refractivity contribution in [3.63, 3.8) is 0 Å². The predicted molar refractivity (Wildman–Crippen MR) is 436 cm³/mol. The smallest absolute Gasteiger partial charge is 0.480 e. The van der Waals surface area contributed by atoms with E-state index < -0.39 is 108 Å². The molecule has 0 bridgehead atoms. The average Bonchev–Trinajstić information content (AvgIpc) is 0.859. The van der Waals surface area contributed by atoms with Gasteiger partial charge in [0.05, 0.1) is 0 Å². The quantitative estimate of drug-likeness (QED) is 0.0154. The highest BCUT2D eigenvalue weighted by molar-refractivity contribution is 5.98. The summed E-state index contributed by atoms with van der Waals surface area (Å²) in [5.74, 6) is -12.9. The molecule has 0 rings (SSSR count). The molecule has 0 heterocycles. The van der Waals surface area contributed by atoms with Crippen molar-refractivity contribution in [3.8, 4) is 0 Å². The van der Waals surface area contributed by atoms with Gasteiger partial charge in [-0.25, -0.2) is 9.59 Å². The fourth-order valence-corrected chi connectivity index (χ4v) is 11.0.